The first-order valence-corrected chi connectivity index (χ1v) is 10.3. The molecule has 29 heavy (non-hydrogen) atoms. The van der Waals surface area contributed by atoms with Crippen molar-refractivity contribution in [1.29, 1.82) is 0 Å². The Bertz CT molecular complexity index is 750. The zero-order chi connectivity index (χ0) is 21.4. The van der Waals surface area contributed by atoms with Gasteiger partial charge in [0.2, 0.25) is 0 Å². The fraction of sp³-hybridized carbons (Fsp3) is 0.524. The van der Waals surface area contributed by atoms with Crippen LogP contribution in [0, 0.1) is 0 Å². The highest BCUT2D eigenvalue weighted by molar-refractivity contribution is 6.31. The standard InChI is InChI=1S/C21H28ClNO6/c1-5-15-18(28-20(24)26-7-3)17(13-11-9-10-12-14(13)22)19(16(6-2)23-15)29-21(25)27-8-4/h9-12,15,17-18,23H,5-8H2,1-4H3. The van der Waals surface area contributed by atoms with Gasteiger partial charge in [0.1, 0.15) is 11.9 Å². The van der Waals surface area contributed by atoms with Gasteiger partial charge < -0.3 is 24.3 Å². The van der Waals surface area contributed by atoms with E-state index in [9.17, 15) is 9.59 Å². The second kappa shape index (κ2) is 11.0. The van der Waals surface area contributed by atoms with E-state index in [-0.39, 0.29) is 19.3 Å². The number of allylic oxidation sites excluding steroid dienone is 1. The van der Waals surface area contributed by atoms with Crippen LogP contribution in [0.2, 0.25) is 5.02 Å². The average Bonchev–Trinajstić information content (AvgIpc) is 2.69. The molecule has 3 atom stereocenters. The Labute approximate surface area is 176 Å². The third kappa shape index (κ3) is 5.56. The van der Waals surface area contributed by atoms with Gasteiger partial charge in [0.25, 0.3) is 0 Å². The molecule has 0 bridgehead atoms. The molecule has 2 rings (SSSR count). The third-order valence-corrected chi connectivity index (χ3v) is 4.99. The summed E-state index contributed by atoms with van der Waals surface area (Å²) in [4.78, 5) is 24.3. The normalized spacial score (nSPS) is 21.2. The van der Waals surface area contributed by atoms with Crippen LogP contribution in [0.3, 0.4) is 0 Å². The molecule has 0 saturated heterocycles. The summed E-state index contributed by atoms with van der Waals surface area (Å²) in [7, 11) is 0. The van der Waals surface area contributed by atoms with Gasteiger partial charge >= 0.3 is 12.3 Å². The molecule has 0 radical (unpaired) electrons. The van der Waals surface area contributed by atoms with E-state index in [1.807, 2.05) is 32.0 Å². The van der Waals surface area contributed by atoms with Crippen LogP contribution in [0.15, 0.2) is 35.7 Å². The van der Waals surface area contributed by atoms with E-state index >= 15 is 0 Å². The monoisotopic (exact) mass is 425 g/mol. The molecule has 8 heteroatoms. The van der Waals surface area contributed by atoms with Crippen molar-refractivity contribution >= 4 is 23.9 Å². The molecule has 1 aromatic rings. The maximum Gasteiger partial charge on any atom is 0.513 e. The molecular weight excluding hydrogens is 398 g/mol. The van der Waals surface area contributed by atoms with Crippen molar-refractivity contribution in [1.82, 2.24) is 5.32 Å². The molecule has 0 amide bonds. The summed E-state index contributed by atoms with van der Waals surface area (Å²) in [5.41, 5.74) is 1.42. The lowest BCUT2D eigenvalue weighted by Gasteiger charge is -2.40. The van der Waals surface area contributed by atoms with Crippen LogP contribution in [0.25, 0.3) is 0 Å². The highest BCUT2D eigenvalue weighted by Gasteiger charge is 2.44. The summed E-state index contributed by atoms with van der Waals surface area (Å²) in [6.07, 6.45) is -1.06. The molecular formula is C21H28ClNO6. The Morgan fingerprint density at radius 1 is 1.03 bits per heavy atom. The van der Waals surface area contributed by atoms with E-state index < -0.39 is 24.3 Å². The van der Waals surface area contributed by atoms with Crippen molar-refractivity contribution in [3.05, 3.63) is 46.3 Å². The molecule has 7 nitrogen and oxygen atoms in total. The molecule has 0 aliphatic carbocycles. The number of ether oxygens (including phenoxy) is 4. The van der Waals surface area contributed by atoms with E-state index in [0.717, 1.165) is 5.70 Å². The van der Waals surface area contributed by atoms with E-state index in [0.29, 0.717) is 29.2 Å². The minimum Gasteiger partial charge on any atom is -0.435 e. The minimum atomic E-state index is -0.822. The number of hydrogen-bond donors (Lipinski definition) is 1. The summed E-state index contributed by atoms with van der Waals surface area (Å²) < 4.78 is 21.2. The summed E-state index contributed by atoms with van der Waals surface area (Å²) in [5.74, 6) is -0.267. The molecule has 160 valence electrons. The molecule has 0 spiro atoms. The van der Waals surface area contributed by atoms with Crippen LogP contribution >= 0.6 is 11.6 Å². The number of halogens is 1. The van der Waals surface area contributed by atoms with Crippen LogP contribution in [0.1, 0.15) is 52.0 Å². The molecule has 3 unspecified atom stereocenters. The molecule has 1 aliphatic rings. The lowest BCUT2D eigenvalue weighted by molar-refractivity contribution is -0.00775. The first-order chi connectivity index (χ1) is 14.0. The lowest BCUT2D eigenvalue weighted by Crippen LogP contribution is -2.50. The maximum atomic E-state index is 12.2. The first-order valence-electron chi connectivity index (χ1n) is 9.88. The van der Waals surface area contributed by atoms with Gasteiger partial charge in [0.15, 0.2) is 0 Å². The van der Waals surface area contributed by atoms with Gasteiger partial charge in [-0.2, -0.15) is 0 Å². The van der Waals surface area contributed by atoms with Crippen molar-refractivity contribution in [2.75, 3.05) is 13.2 Å². The zero-order valence-corrected chi connectivity index (χ0v) is 18.0. The van der Waals surface area contributed by atoms with Crippen LogP contribution in [0.4, 0.5) is 9.59 Å². The highest BCUT2D eigenvalue weighted by Crippen LogP contribution is 2.41. The third-order valence-electron chi connectivity index (χ3n) is 4.65. The van der Waals surface area contributed by atoms with E-state index in [4.69, 9.17) is 30.5 Å². The first kappa shape index (κ1) is 22.9. The molecule has 0 aromatic heterocycles. The van der Waals surface area contributed by atoms with Crippen molar-refractivity contribution in [2.45, 2.75) is 58.6 Å². The molecule has 1 aliphatic heterocycles. The number of hydrogen-bond acceptors (Lipinski definition) is 7. The van der Waals surface area contributed by atoms with Crippen molar-refractivity contribution in [3.63, 3.8) is 0 Å². The SMILES string of the molecule is CCOC(=O)OC1=C(CC)NC(CC)C(OC(=O)OCC)C1c1ccccc1Cl. The van der Waals surface area contributed by atoms with E-state index in [1.165, 1.54) is 0 Å². The summed E-state index contributed by atoms with van der Waals surface area (Å²) in [5, 5.41) is 3.82. The largest absolute Gasteiger partial charge is 0.513 e. The number of rotatable bonds is 7. The molecule has 1 heterocycles. The molecule has 1 aromatic carbocycles. The van der Waals surface area contributed by atoms with Gasteiger partial charge in [0.05, 0.1) is 30.9 Å². The summed E-state index contributed by atoms with van der Waals surface area (Å²) in [6.45, 7) is 7.69. The average molecular weight is 426 g/mol. The number of nitrogens with one attached hydrogen (secondary N) is 1. The predicted molar refractivity (Wildman–Crippen MR) is 109 cm³/mol. The topological polar surface area (TPSA) is 83.1 Å². The Morgan fingerprint density at radius 2 is 1.69 bits per heavy atom. The van der Waals surface area contributed by atoms with Gasteiger partial charge in [-0.05, 0) is 38.3 Å². The van der Waals surface area contributed by atoms with Crippen LogP contribution in [-0.2, 0) is 18.9 Å². The van der Waals surface area contributed by atoms with Gasteiger partial charge in [-0.3, -0.25) is 0 Å². The maximum absolute atomic E-state index is 12.2. The lowest BCUT2D eigenvalue weighted by atomic mass is 9.82. The van der Waals surface area contributed by atoms with E-state index in [1.54, 1.807) is 19.9 Å². The van der Waals surface area contributed by atoms with Gasteiger partial charge in [-0.15, -0.1) is 0 Å². The van der Waals surface area contributed by atoms with Gasteiger partial charge in [-0.1, -0.05) is 43.6 Å². The second-order valence-electron chi connectivity index (χ2n) is 6.41. The number of carbonyl (C=O) groups excluding carboxylic acids is 2. The van der Waals surface area contributed by atoms with E-state index in [2.05, 4.69) is 5.32 Å². The van der Waals surface area contributed by atoms with Crippen molar-refractivity contribution < 1.29 is 28.5 Å². The second-order valence-corrected chi connectivity index (χ2v) is 6.81. The minimum absolute atomic E-state index is 0.179. The van der Waals surface area contributed by atoms with Gasteiger partial charge in [-0.25, -0.2) is 9.59 Å². The highest BCUT2D eigenvalue weighted by atomic mass is 35.5. The van der Waals surface area contributed by atoms with Crippen molar-refractivity contribution in [2.24, 2.45) is 0 Å². The number of benzene rings is 1. The van der Waals surface area contributed by atoms with Crippen LogP contribution in [0.5, 0.6) is 0 Å². The quantitative estimate of drug-likeness (QED) is 0.605. The Kier molecular flexibility index (Phi) is 8.64. The molecule has 1 N–H and O–H groups in total. The van der Waals surface area contributed by atoms with Crippen LogP contribution < -0.4 is 5.32 Å². The fourth-order valence-corrected chi connectivity index (χ4v) is 3.63. The number of carbonyl (C=O) groups is 2. The zero-order valence-electron chi connectivity index (χ0n) is 17.2. The Morgan fingerprint density at radius 3 is 2.28 bits per heavy atom. The molecule has 0 fully saturated rings. The Hall–Kier alpha value is -2.41. The van der Waals surface area contributed by atoms with Crippen LogP contribution in [-0.4, -0.2) is 37.7 Å². The fourth-order valence-electron chi connectivity index (χ4n) is 3.38. The van der Waals surface area contributed by atoms with Crippen molar-refractivity contribution in [3.8, 4) is 0 Å². The summed E-state index contributed by atoms with van der Waals surface area (Å²) in [6, 6.07) is 7.00. The predicted octanol–water partition coefficient (Wildman–Crippen LogP) is 5.14. The summed E-state index contributed by atoms with van der Waals surface area (Å²) >= 11 is 6.48. The molecule has 0 saturated carbocycles. The Balaban J connectivity index is 2.57. The van der Waals surface area contributed by atoms with Gasteiger partial charge in [0, 0.05) is 5.02 Å². The smallest absolute Gasteiger partial charge is 0.435 e.